The maximum atomic E-state index is 10.3. The summed E-state index contributed by atoms with van der Waals surface area (Å²) in [7, 11) is 0. The van der Waals surface area contributed by atoms with Crippen LogP contribution < -0.4 is 0 Å². The largest absolute Gasteiger partial charge is 0.386 e. The Hall–Kier alpha value is -1.65. The topological polar surface area (TPSA) is 38.0 Å². The first kappa shape index (κ1) is 13.3. The zero-order valence-electron chi connectivity index (χ0n) is 11.1. The second-order valence-corrected chi connectivity index (χ2v) is 5.80. The molecule has 1 unspecified atom stereocenters. The second kappa shape index (κ2) is 5.38. The number of rotatable bonds is 3. The van der Waals surface area contributed by atoms with Gasteiger partial charge in [0.15, 0.2) is 0 Å². The SMILES string of the molecule is Cc1ccc(C(O)Cn2cc3c(Br)cccc3n2)cc1. The molecule has 0 aliphatic rings. The minimum atomic E-state index is -0.552. The van der Waals surface area contributed by atoms with Crippen molar-refractivity contribution in [2.45, 2.75) is 19.6 Å². The number of benzene rings is 2. The van der Waals surface area contributed by atoms with E-state index in [4.69, 9.17) is 0 Å². The van der Waals surface area contributed by atoms with Gasteiger partial charge >= 0.3 is 0 Å². The molecule has 0 saturated heterocycles. The van der Waals surface area contributed by atoms with Gasteiger partial charge in [-0.15, -0.1) is 0 Å². The van der Waals surface area contributed by atoms with Crippen LogP contribution in [0.5, 0.6) is 0 Å². The normalized spacial score (nSPS) is 12.8. The molecule has 1 heterocycles. The predicted molar refractivity (Wildman–Crippen MR) is 83.6 cm³/mol. The van der Waals surface area contributed by atoms with Crippen molar-refractivity contribution in [3.63, 3.8) is 0 Å². The first-order valence-corrected chi connectivity index (χ1v) is 7.29. The third-order valence-electron chi connectivity index (χ3n) is 3.37. The number of hydrogen-bond acceptors (Lipinski definition) is 2. The average Bonchev–Trinajstić information content (AvgIpc) is 2.83. The van der Waals surface area contributed by atoms with Crippen LogP contribution in [0.2, 0.25) is 0 Å². The van der Waals surface area contributed by atoms with E-state index < -0.39 is 6.10 Å². The Bertz CT molecular complexity index is 734. The van der Waals surface area contributed by atoms with Gasteiger partial charge in [0.25, 0.3) is 0 Å². The van der Waals surface area contributed by atoms with E-state index in [-0.39, 0.29) is 0 Å². The Morgan fingerprint density at radius 3 is 2.65 bits per heavy atom. The van der Waals surface area contributed by atoms with E-state index in [1.54, 1.807) is 4.68 Å². The second-order valence-electron chi connectivity index (χ2n) is 4.95. The van der Waals surface area contributed by atoms with Crippen LogP contribution >= 0.6 is 15.9 Å². The van der Waals surface area contributed by atoms with Crippen molar-refractivity contribution in [2.75, 3.05) is 0 Å². The summed E-state index contributed by atoms with van der Waals surface area (Å²) in [5.74, 6) is 0. The molecule has 0 amide bonds. The minimum absolute atomic E-state index is 0.449. The maximum Gasteiger partial charge on any atom is 0.0985 e. The number of aromatic nitrogens is 2. The highest BCUT2D eigenvalue weighted by Crippen LogP contribution is 2.23. The number of nitrogens with zero attached hydrogens (tertiary/aromatic N) is 2. The monoisotopic (exact) mass is 330 g/mol. The molecule has 3 rings (SSSR count). The smallest absolute Gasteiger partial charge is 0.0985 e. The lowest BCUT2D eigenvalue weighted by Gasteiger charge is -2.11. The Morgan fingerprint density at radius 2 is 1.95 bits per heavy atom. The molecule has 3 aromatic rings. The summed E-state index contributed by atoms with van der Waals surface area (Å²) in [4.78, 5) is 0. The van der Waals surface area contributed by atoms with Crippen molar-refractivity contribution >= 4 is 26.8 Å². The lowest BCUT2D eigenvalue weighted by Crippen LogP contribution is -2.09. The molecular weight excluding hydrogens is 316 g/mol. The summed E-state index contributed by atoms with van der Waals surface area (Å²) in [5.41, 5.74) is 3.03. The Labute approximate surface area is 126 Å². The molecule has 0 aliphatic heterocycles. The molecular formula is C16H15BrN2O. The number of aliphatic hydroxyl groups excluding tert-OH is 1. The number of aryl methyl sites for hydroxylation is 1. The molecule has 0 bridgehead atoms. The van der Waals surface area contributed by atoms with Crippen molar-refractivity contribution in [1.29, 1.82) is 0 Å². The van der Waals surface area contributed by atoms with Crippen molar-refractivity contribution in [3.8, 4) is 0 Å². The summed E-state index contributed by atoms with van der Waals surface area (Å²) in [6, 6.07) is 13.8. The fourth-order valence-corrected chi connectivity index (χ4v) is 2.68. The van der Waals surface area contributed by atoms with Crippen LogP contribution in [0.4, 0.5) is 0 Å². The molecule has 20 heavy (non-hydrogen) atoms. The number of halogens is 1. The van der Waals surface area contributed by atoms with Crippen LogP contribution in [0.15, 0.2) is 53.1 Å². The Balaban J connectivity index is 1.85. The van der Waals surface area contributed by atoms with E-state index >= 15 is 0 Å². The summed E-state index contributed by atoms with van der Waals surface area (Å²) in [5, 5.41) is 15.8. The standard InChI is InChI=1S/C16H15BrN2O/c1-11-5-7-12(8-6-11)16(20)10-19-9-13-14(17)3-2-4-15(13)18-19/h2-9,16,20H,10H2,1H3. The van der Waals surface area contributed by atoms with E-state index in [9.17, 15) is 5.11 Å². The molecule has 1 N–H and O–H groups in total. The van der Waals surface area contributed by atoms with Crippen LogP contribution in [-0.4, -0.2) is 14.9 Å². The van der Waals surface area contributed by atoms with E-state index in [0.717, 1.165) is 20.9 Å². The van der Waals surface area contributed by atoms with Gasteiger partial charge in [-0.3, -0.25) is 4.68 Å². The van der Waals surface area contributed by atoms with E-state index in [0.29, 0.717) is 6.54 Å². The van der Waals surface area contributed by atoms with Gasteiger partial charge in [-0.1, -0.05) is 51.8 Å². The van der Waals surface area contributed by atoms with Crippen molar-refractivity contribution in [1.82, 2.24) is 9.78 Å². The fourth-order valence-electron chi connectivity index (χ4n) is 2.22. The lowest BCUT2D eigenvalue weighted by atomic mass is 10.1. The molecule has 3 nitrogen and oxygen atoms in total. The van der Waals surface area contributed by atoms with Crippen molar-refractivity contribution in [2.24, 2.45) is 0 Å². The lowest BCUT2D eigenvalue weighted by molar-refractivity contribution is 0.152. The van der Waals surface area contributed by atoms with Gasteiger partial charge in [-0.2, -0.15) is 5.10 Å². The average molecular weight is 331 g/mol. The number of aliphatic hydroxyl groups is 1. The van der Waals surface area contributed by atoms with Gasteiger partial charge in [0, 0.05) is 16.1 Å². The van der Waals surface area contributed by atoms with Gasteiger partial charge in [-0.05, 0) is 24.6 Å². The minimum Gasteiger partial charge on any atom is -0.386 e. The van der Waals surface area contributed by atoms with E-state index in [1.165, 1.54) is 5.56 Å². The van der Waals surface area contributed by atoms with Gasteiger partial charge in [0.2, 0.25) is 0 Å². The molecule has 0 aliphatic carbocycles. The first-order valence-electron chi connectivity index (χ1n) is 6.50. The van der Waals surface area contributed by atoms with E-state index in [2.05, 4.69) is 21.0 Å². The van der Waals surface area contributed by atoms with Crippen LogP contribution in [0.25, 0.3) is 10.9 Å². The van der Waals surface area contributed by atoms with Crippen LogP contribution in [0.3, 0.4) is 0 Å². The maximum absolute atomic E-state index is 10.3. The Morgan fingerprint density at radius 1 is 1.20 bits per heavy atom. The van der Waals surface area contributed by atoms with Crippen molar-refractivity contribution in [3.05, 3.63) is 64.3 Å². The molecule has 0 radical (unpaired) electrons. The molecule has 1 atom stereocenters. The summed E-state index contributed by atoms with van der Waals surface area (Å²) >= 11 is 3.51. The molecule has 1 aromatic heterocycles. The highest BCUT2D eigenvalue weighted by Gasteiger charge is 2.10. The summed E-state index contributed by atoms with van der Waals surface area (Å²) < 4.78 is 2.81. The molecule has 0 saturated carbocycles. The summed E-state index contributed by atoms with van der Waals surface area (Å²) in [6.07, 6.45) is 1.40. The fraction of sp³-hybridized carbons (Fsp3) is 0.188. The van der Waals surface area contributed by atoms with E-state index in [1.807, 2.05) is 55.6 Å². The van der Waals surface area contributed by atoms with Gasteiger partial charge in [0.1, 0.15) is 0 Å². The van der Waals surface area contributed by atoms with Crippen molar-refractivity contribution < 1.29 is 5.11 Å². The quantitative estimate of drug-likeness (QED) is 0.792. The highest BCUT2D eigenvalue weighted by molar-refractivity contribution is 9.10. The molecule has 0 spiro atoms. The van der Waals surface area contributed by atoms with Gasteiger partial charge < -0.3 is 5.11 Å². The number of hydrogen-bond donors (Lipinski definition) is 1. The summed E-state index contributed by atoms with van der Waals surface area (Å²) in [6.45, 7) is 2.48. The third kappa shape index (κ3) is 2.62. The van der Waals surface area contributed by atoms with Crippen LogP contribution in [0.1, 0.15) is 17.2 Å². The highest BCUT2D eigenvalue weighted by atomic mass is 79.9. The zero-order valence-corrected chi connectivity index (χ0v) is 12.7. The Kier molecular flexibility index (Phi) is 3.59. The van der Waals surface area contributed by atoms with Crippen LogP contribution in [-0.2, 0) is 6.54 Å². The number of fused-ring (bicyclic) bond motifs is 1. The molecule has 2 aromatic carbocycles. The van der Waals surface area contributed by atoms with Gasteiger partial charge in [0.05, 0.1) is 18.2 Å². The predicted octanol–water partition coefficient (Wildman–Crippen LogP) is 3.84. The van der Waals surface area contributed by atoms with Crippen LogP contribution in [0, 0.1) is 6.92 Å². The van der Waals surface area contributed by atoms with Gasteiger partial charge in [-0.25, -0.2) is 0 Å². The molecule has 0 fully saturated rings. The molecule has 102 valence electrons. The third-order valence-corrected chi connectivity index (χ3v) is 4.06. The first-order chi connectivity index (χ1) is 9.63. The molecule has 4 heteroatoms. The zero-order chi connectivity index (χ0) is 14.1.